The molecule has 104 valence electrons. The van der Waals surface area contributed by atoms with Crippen molar-refractivity contribution in [3.05, 3.63) is 18.0 Å². The molecule has 0 saturated carbocycles. The highest BCUT2D eigenvalue weighted by molar-refractivity contribution is 5.75. The van der Waals surface area contributed by atoms with E-state index in [0.29, 0.717) is 0 Å². The molecule has 2 amide bonds. The highest BCUT2D eigenvalue weighted by Crippen LogP contribution is 2.32. The van der Waals surface area contributed by atoms with Crippen LogP contribution in [0.5, 0.6) is 0 Å². The summed E-state index contributed by atoms with van der Waals surface area (Å²) in [6.07, 6.45) is 5.86. The van der Waals surface area contributed by atoms with E-state index in [2.05, 4.69) is 12.1 Å². The summed E-state index contributed by atoms with van der Waals surface area (Å²) in [5.74, 6) is 0.744. The maximum Gasteiger partial charge on any atom is 0.320 e. The minimum Gasteiger partial charge on any atom is -0.364 e. The van der Waals surface area contributed by atoms with Crippen LogP contribution in [-0.4, -0.2) is 40.6 Å². The SMILES string of the molecule is CC1CCN(C(=O)N2CCC[C@@H]2c2ccon2)CC1. The Morgan fingerprint density at radius 3 is 2.79 bits per heavy atom. The van der Waals surface area contributed by atoms with Crippen LogP contribution in [0.2, 0.25) is 0 Å². The summed E-state index contributed by atoms with van der Waals surface area (Å²) in [5, 5.41) is 4.00. The standard InChI is InChI=1S/C14H21N3O2/c1-11-4-8-16(9-5-11)14(18)17-7-2-3-13(17)12-6-10-19-15-12/h6,10-11,13H,2-5,7-9H2,1H3/t13-/m1/s1. The molecule has 2 fully saturated rings. The fourth-order valence-corrected chi connectivity index (χ4v) is 3.08. The lowest BCUT2D eigenvalue weighted by Crippen LogP contribution is -2.46. The molecule has 2 aliphatic rings. The molecule has 0 spiro atoms. The van der Waals surface area contributed by atoms with Crippen LogP contribution >= 0.6 is 0 Å². The zero-order chi connectivity index (χ0) is 13.2. The van der Waals surface area contributed by atoms with Gasteiger partial charge >= 0.3 is 6.03 Å². The van der Waals surface area contributed by atoms with E-state index in [1.807, 2.05) is 15.9 Å². The van der Waals surface area contributed by atoms with Crippen molar-refractivity contribution < 1.29 is 9.32 Å². The van der Waals surface area contributed by atoms with Crippen molar-refractivity contribution in [2.24, 2.45) is 5.92 Å². The number of carbonyl (C=O) groups is 1. The van der Waals surface area contributed by atoms with Crippen LogP contribution in [0.25, 0.3) is 0 Å². The van der Waals surface area contributed by atoms with Gasteiger partial charge in [0.1, 0.15) is 12.0 Å². The highest BCUT2D eigenvalue weighted by Gasteiger charge is 2.34. The summed E-state index contributed by atoms with van der Waals surface area (Å²) in [6.45, 7) is 4.88. The van der Waals surface area contributed by atoms with Crippen LogP contribution in [0.15, 0.2) is 16.9 Å². The van der Waals surface area contributed by atoms with Gasteiger partial charge in [0.2, 0.25) is 0 Å². The smallest absolute Gasteiger partial charge is 0.320 e. The van der Waals surface area contributed by atoms with Gasteiger partial charge in [-0.3, -0.25) is 0 Å². The van der Waals surface area contributed by atoms with E-state index in [1.54, 1.807) is 6.26 Å². The molecule has 3 heterocycles. The number of rotatable bonds is 1. The summed E-state index contributed by atoms with van der Waals surface area (Å²) in [5.41, 5.74) is 0.885. The second-order valence-corrected chi connectivity index (χ2v) is 5.73. The third-order valence-electron chi connectivity index (χ3n) is 4.35. The van der Waals surface area contributed by atoms with Gasteiger partial charge in [0.25, 0.3) is 0 Å². The largest absolute Gasteiger partial charge is 0.364 e. The number of piperidine rings is 1. The molecule has 1 aromatic heterocycles. The molecule has 2 aliphatic heterocycles. The fourth-order valence-electron chi connectivity index (χ4n) is 3.08. The quantitative estimate of drug-likeness (QED) is 0.782. The maximum atomic E-state index is 12.6. The molecule has 2 saturated heterocycles. The number of hydrogen-bond donors (Lipinski definition) is 0. The zero-order valence-corrected chi connectivity index (χ0v) is 11.4. The Labute approximate surface area is 113 Å². The first kappa shape index (κ1) is 12.5. The van der Waals surface area contributed by atoms with Crippen molar-refractivity contribution in [2.75, 3.05) is 19.6 Å². The predicted octanol–water partition coefficient (Wildman–Crippen LogP) is 2.66. The lowest BCUT2D eigenvalue weighted by molar-refractivity contribution is 0.129. The second-order valence-electron chi connectivity index (χ2n) is 5.73. The molecular weight excluding hydrogens is 242 g/mol. The fraction of sp³-hybridized carbons (Fsp3) is 0.714. The molecule has 1 aromatic rings. The van der Waals surface area contributed by atoms with Gasteiger partial charge in [0, 0.05) is 25.7 Å². The van der Waals surface area contributed by atoms with E-state index < -0.39 is 0 Å². The molecule has 5 nitrogen and oxygen atoms in total. The van der Waals surface area contributed by atoms with E-state index in [0.717, 1.165) is 56.9 Å². The minimum atomic E-state index is 0.102. The first-order chi connectivity index (χ1) is 9.25. The van der Waals surface area contributed by atoms with E-state index in [-0.39, 0.29) is 12.1 Å². The number of urea groups is 1. The van der Waals surface area contributed by atoms with Crippen molar-refractivity contribution >= 4 is 6.03 Å². The molecule has 3 rings (SSSR count). The molecule has 0 radical (unpaired) electrons. The Morgan fingerprint density at radius 2 is 2.11 bits per heavy atom. The molecule has 5 heteroatoms. The molecule has 0 bridgehead atoms. The lowest BCUT2D eigenvalue weighted by atomic mass is 9.99. The molecule has 1 atom stereocenters. The number of nitrogens with zero attached hydrogens (tertiary/aromatic N) is 3. The Morgan fingerprint density at radius 1 is 1.32 bits per heavy atom. The van der Waals surface area contributed by atoms with E-state index in [1.165, 1.54) is 0 Å². The summed E-state index contributed by atoms with van der Waals surface area (Å²) >= 11 is 0. The van der Waals surface area contributed by atoms with Crippen molar-refractivity contribution in [2.45, 2.75) is 38.6 Å². The van der Waals surface area contributed by atoms with Crippen LogP contribution < -0.4 is 0 Å². The number of carbonyl (C=O) groups excluding carboxylic acids is 1. The Bertz CT molecular complexity index is 424. The normalized spacial score (nSPS) is 25.0. The van der Waals surface area contributed by atoms with Gasteiger partial charge in [-0.2, -0.15) is 0 Å². The zero-order valence-electron chi connectivity index (χ0n) is 11.4. The lowest BCUT2D eigenvalue weighted by Gasteiger charge is -2.35. The molecule has 19 heavy (non-hydrogen) atoms. The van der Waals surface area contributed by atoms with Gasteiger partial charge < -0.3 is 14.3 Å². The average Bonchev–Trinajstić information content (AvgIpc) is 3.09. The van der Waals surface area contributed by atoms with Crippen LogP contribution in [0, 0.1) is 5.92 Å². The maximum absolute atomic E-state index is 12.6. The number of aromatic nitrogens is 1. The summed E-state index contributed by atoms with van der Waals surface area (Å²) < 4.78 is 4.91. The van der Waals surface area contributed by atoms with Gasteiger partial charge in [-0.25, -0.2) is 4.79 Å². The number of likely N-dealkylation sites (tertiary alicyclic amines) is 2. The first-order valence-electron chi connectivity index (χ1n) is 7.21. The Kier molecular flexibility index (Phi) is 3.44. The summed E-state index contributed by atoms with van der Waals surface area (Å²) in [6, 6.07) is 2.15. The van der Waals surface area contributed by atoms with Crippen LogP contribution in [0.1, 0.15) is 44.3 Å². The van der Waals surface area contributed by atoms with E-state index in [9.17, 15) is 4.79 Å². The Balaban J connectivity index is 1.69. The van der Waals surface area contributed by atoms with Crippen molar-refractivity contribution in [1.82, 2.24) is 15.0 Å². The first-order valence-corrected chi connectivity index (χ1v) is 7.21. The summed E-state index contributed by atoms with van der Waals surface area (Å²) in [7, 11) is 0. The monoisotopic (exact) mass is 263 g/mol. The molecule has 0 unspecified atom stereocenters. The highest BCUT2D eigenvalue weighted by atomic mass is 16.5. The van der Waals surface area contributed by atoms with Crippen molar-refractivity contribution in [1.29, 1.82) is 0 Å². The second kappa shape index (κ2) is 5.23. The average molecular weight is 263 g/mol. The van der Waals surface area contributed by atoms with Crippen molar-refractivity contribution in [3.63, 3.8) is 0 Å². The topological polar surface area (TPSA) is 49.6 Å². The van der Waals surface area contributed by atoms with Gasteiger partial charge in [-0.1, -0.05) is 12.1 Å². The van der Waals surface area contributed by atoms with Crippen LogP contribution in [0.3, 0.4) is 0 Å². The predicted molar refractivity (Wildman–Crippen MR) is 70.6 cm³/mol. The molecule has 0 N–H and O–H groups in total. The van der Waals surface area contributed by atoms with Gasteiger partial charge in [0.15, 0.2) is 0 Å². The number of hydrogen-bond acceptors (Lipinski definition) is 3. The van der Waals surface area contributed by atoms with Crippen molar-refractivity contribution in [3.8, 4) is 0 Å². The third kappa shape index (κ3) is 2.46. The molecule has 0 aromatic carbocycles. The van der Waals surface area contributed by atoms with E-state index in [4.69, 9.17) is 4.52 Å². The molecular formula is C14H21N3O2. The number of amides is 2. The van der Waals surface area contributed by atoms with Gasteiger partial charge in [0.05, 0.1) is 6.04 Å². The third-order valence-corrected chi connectivity index (χ3v) is 4.35. The van der Waals surface area contributed by atoms with E-state index >= 15 is 0 Å². The Hall–Kier alpha value is -1.52. The summed E-state index contributed by atoms with van der Waals surface area (Å²) in [4.78, 5) is 16.6. The minimum absolute atomic E-state index is 0.102. The van der Waals surface area contributed by atoms with Gasteiger partial charge in [-0.15, -0.1) is 0 Å². The van der Waals surface area contributed by atoms with Crippen LogP contribution in [0.4, 0.5) is 4.79 Å². The van der Waals surface area contributed by atoms with Crippen LogP contribution in [-0.2, 0) is 0 Å². The molecule has 0 aliphatic carbocycles. The van der Waals surface area contributed by atoms with Gasteiger partial charge in [-0.05, 0) is 31.6 Å².